The molecule has 3 fully saturated rings. The van der Waals surface area contributed by atoms with E-state index in [1.807, 2.05) is 7.05 Å². The zero-order valence-corrected chi connectivity index (χ0v) is 23.0. The molecule has 0 spiro atoms. The lowest BCUT2D eigenvalue weighted by molar-refractivity contribution is 0.0385. The van der Waals surface area contributed by atoms with E-state index >= 15 is 13.2 Å². The van der Waals surface area contributed by atoms with Gasteiger partial charge in [0, 0.05) is 54.9 Å². The highest BCUT2D eigenvalue weighted by Gasteiger charge is 2.56. The number of piperidine rings is 1. The summed E-state index contributed by atoms with van der Waals surface area (Å²) in [5, 5.41) is 5.89. The average molecular weight is 588 g/mol. The number of halogens is 5. The molecule has 1 aromatic carbocycles. The second kappa shape index (κ2) is 10.2. The van der Waals surface area contributed by atoms with E-state index in [0.29, 0.717) is 11.8 Å². The maximum absolute atomic E-state index is 15.6. The predicted octanol–water partition coefficient (Wildman–Crippen LogP) is 4.74. The smallest absolute Gasteiger partial charge is 0.301 e. The molecule has 7 nitrogen and oxygen atoms in total. The van der Waals surface area contributed by atoms with Crippen LogP contribution in [-0.2, 0) is 11.5 Å². The molecule has 2 saturated carbocycles. The molecule has 2 N–H and O–H groups in total. The summed E-state index contributed by atoms with van der Waals surface area (Å²) < 4.78 is 74.8. The molecular formula is C30H30F5N5O2. The number of carbonyl (C=O) groups excluding carboxylic acids is 1. The summed E-state index contributed by atoms with van der Waals surface area (Å²) in [6.45, 7) is 3.15. The van der Waals surface area contributed by atoms with Gasteiger partial charge in [0.1, 0.15) is 11.4 Å². The molecule has 1 saturated heterocycles. The molecule has 3 heterocycles. The third kappa shape index (κ3) is 4.75. The Morgan fingerprint density at radius 3 is 2.40 bits per heavy atom. The van der Waals surface area contributed by atoms with Crippen LogP contribution in [0.3, 0.4) is 0 Å². The number of carbonyl (C=O) groups is 1. The number of rotatable bonds is 9. The van der Waals surface area contributed by atoms with Crippen molar-refractivity contribution < 1.29 is 26.7 Å². The first kappa shape index (κ1) is 28.3. The summed E-state index contributed by atoms with van der Waals surface area (Å²) in [5.74, 6) is -4.93. The van der Waals surface area contributed by atoms with Gasteiger partial charge in [0.2, 0.25) is 0 Å². The quantitative estimate of drug-likeness (QED) is 0.354. The Hall–Kier alpha value is -3.80. The predicted molar refractivity (Wildman–Crippen MR) is 145 cm³/mol. The lowest BCUT2D eigenvalue weighted by Gasteiger charge is -2.23. The van der Waals surface area contributed by atoms with Crippen LogP contribution in [0.2, 0.25) is 0 Å². The monoisotopic (exact) mass is 587 g/mol. The van der Waals surface area contributed by atoms with Gasteiger partial charge in [-0.2, -0.15) is 8.78 Å². The van der Waals surface area contributed by atoms with Gasteiger partial charge in [0.25, 0.3) is 17.9 Å². The van der Waals surface area contributed by atoms with Gasteiger partial charge in [-0.1, -0.05) is 12.1 Å². The maximum Gasteiger partial charge on any atom is 0.301 e. The molecule has 1 aliphatic heterocycles. The fourth-order valence-corrected chi connectivity index (χ4v) is 6.20. The summed E-state index contributed by atoms with van der Waals surface area (Å²) in [5.41, 5.74) is -3.65. The molecule has 222 valence electrons. The van der Waals surface area contributed by atoms with Gasteiger partial charge >= 0.3 is 5.92 Å². The standard InChI is InChI=1S/C30H30F5N5O2/c1-16(18-4-3-5-22(25(18)31)30(34,35)17-6-10-36-11-7-17)37-27(42)21-15-40(29(8-9-29)28(32)33)24(41)12-23(21)38-26-19-13-39(2)14-20(19)26/h3-7,10-12,15-16,19-20,26,28,38H,8-9,13-14H2,1-2H3,(H,37,42)/t16-,19-,20+,26?/m1/s1. The van der Waals surface area contributed by atoms with Gasteiger partial charge in [0.05, 0.1) is 22.9 Å². The van der Waals surface area contributed by atoms with Crippen molar-refractivity contribution in [3.8, 4) is 0 Å². The Bertz CT molecular complexity index is 1560. The van der Waals surface area contributed by atoms with Crippen LogP contribution in [0, 0.1) is 17.7 Å². The van der Waals surface area contributed by atoms with Crippen LogP contribution in [0.4, 0.5) is 27.6 Å². The highest BCUT2D eigenvalue weighted by molar-refractivity contribution is 5.99. The van der Waals surface area contributed by atoms with Crippen molar-refractivity contribution in [2.75, 3.05) is 25.5 Å². The van der Waals surface area contributed by atoms with Crippen LogP contribution in [0.1, 0.15) is 52.9 Å². The van der Waals surface area contributed by atoms with Crippen molar-refractivity contribution >= 4 is 11.6 Å². The molecule has 12 heteroatoms. The van der Waals surface area contributed by atoms with Crippen molar-refractivity contribution in [2.45, 2.75) is 49.7 Å². The average Bonchev–Trinajstić information content (AvgIpc) is 3.84. The third-order valence-electron chi connectivity index (χ3n) is 8.87. The summed E-state index contributed by atoms with van der Waals surface area (Å²) in [4.78, 5) is 32.5. The molecule has 2 aliphatic carbocycles. The second-order valence-corrected chi connectivity index (χ2v) is 11.6. The molecule has 2 aromatic heterocycles. The van der Waals surface area contributed by atoms with Crippen LogP contribution in [-0.4, -0.2) is 53.0 Å². The van der Waals surface area contributed by atoms with Crippen molar-refractivity contribution in [3.63, 3.8) is 0 Å². The Morgan fingerprint density at radius 2 is 1.79 bits per heavy atom. The summed E-state index contributed by atoms with van der Waals surface area (Å²) in [6.07, 6.45) is 0.897. The molecular weight excluding hydrogens is 557 g/mol. The Balaban J connectivity index is 1.30. The van der Waals surface area contributed by atoms with E-state index in [2.05, 4.69) is 20.5 Å². The molecule has 4 atom stereocenters. The first-order chi connectivity index (χ1) is 19.9. The Kier molecular flexibility index (Phi) is 6.87. The molecule has 3 aromatic rings. The molecule has 3 aliphatic rings. The molecule has 42 heavy (non-hydrogen) atoms. The fraction of sp³-hybridized carbons (Fsp3) is 0.433. The maximum atomic E-state index is 15.6. The number of pyridine rings is 2. The first-order valence-corrected chi connectivity index (χ1v) is 13.8. The summed E-state index contributed by atoms with van der Waals surface area (Å²) in [6, 6.07) is 5.86. The lowest BCUT2D eigenvalue weighted by Crippen LogP contribution is -2.37. The van der Waals surface area contributed by atoms with E-state index in [-0.39, 0.29) is 35.7 Å². The van der Waals surface area contributed by atoms with Crippen LogP contribution in [0.5, 0.6) is 0 Å². The lowest BCUT2D eigenvalue weighted by atomic mass is 9.96. The van der Waals surface area contributed by atoms with Crippen LogP contribution >= 0.6 is 0 Å². The van der Waals surface area contributed by atoms with Crippen LogP contribution in [0.15, 0.2) is 59.8 Å². The molecule has 0 radical (unpaired) electrons. The fourth-order valence-electron chi connectivity index (χ4n) is 6.20. The van der Waals surface area contributed by atoms with Gasteiger partial charge in [0.15, 0.2) is 0 Å². The zero-order valence-electron chi connectivity index (χ0n) is 23.0. The van der Waals surface area contributed by atoms with Crippen molar-refractivity contribution in [3.05, 3.63) is 93.4 Å². The van der Waals surface area contributed by atoms with Crippen LogP contribution < -0.4 is 16.2 Å². The molecule has 0 bridgehead atoms. The molecule has 1 unspecified atom stereocenters. The number of nitrogens with one attached hydrogen (secondary N) is 2. The number of fused-ring (bicyclic) bond motifs is 1. The minimum Gasteiger partial charge on any atom is -0.381 e. The number of alkyl halides is 4. The number of aromatic nitrogens is 2. The number of hydrogen-bond acceptors (Lipinski definition) is 5. The van der Waals surface area contributed by atoms with Gasteiger partial charge < -0.3 is 20.1 Å². The number of nitrogens with zero attached hydrogens (tertiary/aromatic N) is 3. The van der Waals surface area contributed by atoms with Gasteiger partial charge in [-0.05, 0) is 56.8 Å². The zero-order chi connectivity index (χ0) is 30.0. The van der Waals surface area contributed by atoms with Crippen molar-refractivity contribution in [2.24, 2.45) is 11.8 Å². The minimum atomic E-state index is -3.66. The Labute approximate surface area is 238 Å². The first-order valence-electron chi connectivity index (χ1n) is 13.8. The number of amides is 1. The van der Waals surface area contributed by atoms with Gasteiger partial charge in [-0.25, -0.2) is 13.2 Å². The van der Waals surface area contributed by atoms with E-state index < -0.39 is 52.3 Å². The van der Waals surface area contributed by atoms with Crippen molar-refractivity contribution in [1.82, 2.24) is 19.8 Å². The number of likely N-dealkylation sites (tertiary alicyclic amines) is 1. The van der Waals surface area contributed by atoms with E-state index in [0.717, 1.165) is 48.1 Å². The second-order valence-electron chi connectivity index (χ2n) is 11.6. The minimum absolute atomic E-state index is 0.0231. The largest absolute Gasteiger partial charge is 0.381 e. The summed E-state index contributed by atoms with van der Waals surface area (Å²) >= 11 is 0. The van der Waals surface area contributed by atoms with Gasteiger partial charge in [-0.3, -0.25) is 14.6 Å². The third-order valence-corrected chi connectivity index (χ3v) is 8.87. The normalized spacial score (nSPS) is 23.4. The van der Waals surface area contributed by atoms with Gasteiger partial charge in [-0.15, -0.1) is 0 Å². The van der Waals surface area contributed by atoms with E-state index in [9.17, 15) is 18.4 Å². The number of anilines is 1. The Morgan fingerprint density at radius 1 is 1.12 bits per heavy atom. The topological polar surface area (TPSA) is 79.3 Å². The SMILES string of the molecule is C[C@@H](NC(=O)c1cn(C2(C(F)F)CC2)c(=O)cc1NC1[C@H]2CN(C)C[C@@H]12)c1cccc(C(F)(F)c2ccncc2)c1F. The summed E-state index contributed by atoms with van der Waals surface area (Å²) in [7, 11) is 2.01. The number of hydrogen-bond donors (Lipinski definition) is 2. The van der Waals surface area contributed by atoms with E-state index in [4.69, 9.17) is 0 Å². The van der Waals surface area contributed by atoms with Crippen LogP contribution in [0.25, 0.3) is 0 Å². The van der Waals surface area contributed by atoms with E-state index in [1.54, 1.807) is 0 Å². The van der Waals surface area contributed by atoms with E-state index in [1.165, 1.54) is 31.5 Å². The highest BCUT2D eigenvalue weighted by Crippen LogP contribution is 2.49. The van der Waals surface area contributed by atoms with Crippen molar-refractivity contribution in [1.29, 1.82) is 0 Å². The molecule has 6 rings (SSSR count). The number of benzene rings is 1. The highest BCUT2D eigenvalue weighted by atomic mass is 19.3. The molecule has 1 amide bonds.